The standard InChI is InChI=1S/C16H20N4O3/c17-16(23)11-4-3-7-19(8-11)15(22)9-20-13-6-2-1-5-12(13)18-14(20)10-21/h1-2,5-6,11,21H,3-4,7-10H2,(H2,17,23). The van der Waals surface area contributed by atoms with Crippen molar-refractivity contribution >= 4 is 22.8 Å². The van der Waals surface area contributed by atoms with Gasteiger partial charge < -0.3 is 20.3 Å². The van der Waals surface area contributed by atoms with Crippen LogP contribution in [0, 0.1) is 5.92 Å². The Labute approximate surface area is 133 Å². The van der Waals surface area contributed by atoms with Gasteiger partial charge in [-0.25, -0.2) is 4.98 Å². The van der Waals surface area contributed by atoms with Crippen LogP contribution in [0.3, 0.4) is 0 Å². The Morgan fingerprint density at radius 3 is 2.87 bits per heavy atom. The first-order valence-corrected chi connectivity index (χ1v) is 7.72. The molecule has 7 nitrogen and oxygen atoms in total. The highest BCUT2D eigenvalue weighted by molar-refractivity contribution is 5.82. The molecule has 0 spiro atoms. The molecule has 0 aliphatic carbocycles. The van der Waals surface area contributed by atoms with Gasteiger partial charge in [0.05, 0.1) is 17.0 Å². The minimum Gasteiger partial charge on any atom is -0.388 e. The lowest BCUT2D eigenvalue weighted by atomic mass is 9.97. The average Bonchev–Trinajstić information content (AvgIpc) is 2.93. The molecule has 1 saturated heterocycles. The van der Waals surface area contributed by atoms with Crippen molar-refractivity contribution in [2.45, 2.75) is 26.0 Å². The highest BCUT2D eigenvalue weighted by atomic mass is 16.3. The second kappa shape index (κ2) is 6.37. The van der Waals surface area contributed by atoms with Gasteiger partial charge in [-0.15, -0.1) is 0 Å². The zero-order chi connectivity index (χ0) is 16.4. The van der Waals surface area contributed by atoms with Crippen LogP contribution in [0.5, 0.6) is 0 Å². The van der Waals surface area contributed by atoms with Crippen molar-refractivity contribution in [1.29, 1.82) is 0 Å². The Hall–Kier alpha value is -2.41. The van der Waals surface area contributed by atoms with Crippen LogP contribution in [-0.4, -0.2) is 44.5 Å². The third-order valence-electron chi connectivity index (χ3n) is 4.34. The number of rotatable bonds is 4. The number of fused-ring (bicyclic) bond motifs is 1. The van der Waals surface area contributed by atoms with Crippen molar-refractivity contribution in [2.75, 3.05) is 13.1 Å². The van der Waals surface area contributed by atoms with E-state index in [-0.39, 0.29) is 30.9 Å². The Balaban J connectivity index is 1.81. The van der Waals surface area contributed by atoms with Gasteiger partial charge in [-0.05, 0) is 25.0 Å². The lowest BCUT2D eigenvalue weighted by Gasteiger charge is -2.31. The van der Waals surface area contributed by atoms with Gasteiger partial charge in [0.1, 0.15) is 19.0 Å². The molecule has 0 saturated carbocycles. The first-order chi connectivity index (χ1) is 11.1. The van der Waals surface area contributed by atoms with Gasteiger partial charge >= 0.3 is 0 Å². The summed E-state index contributed by atoms with van der Waals surface area (Å²) in [6, 6.07) is 7.46. The van der Waals surface area contributed by atoms with E-state index in [0.717, 1.165) is 23.9 Å². The van der Waals surface area contributed by atoms with Gasteiger partial charge in [-0.2, -0.15) is 0 Å². The molecule has 0 bridgehead atoms. The maximum atomic E-state index is 12.6. The molecule has 3 N–H and O–H groups in total. The normalized spacial score (nSPS) is 18.3. The van der Waals surface area contributed by atoms with Crippen molar-refractivity contribution in [3.63, 3.8) is 0 Å². The molecule has 122 valence electrons. The Morgan fingerprint density at radius 2 is 2.13 bits per heavy atom. The van der Waals surface area contributed by atoms with E-state index in [1.54, 1.807) is 9.47 Å². The molecule has 7 heteroatoms. The third kappa shape index (κ3) is 3.05. The predicted octanol–water partition coefficient (Wildman–Crippen LogP) is 0.253. The number of benzene rings is 1. The number of nitrogens with two attached hydrogens (primary N) is 1. The lowest BCUT2D eigenvalue weighted by molar-refractivity contribution is -0.135. The molecule has 0 radical (unpaired) electrons. The number of carbonyl (C=O) groups excluding carboxylic acids is 2. The largest absolute Gasteiger partial charge is 0.388 e. The van der Waals surface area contributed by atoms with E-state index in [4.69, 9.17) is 5.73 Å². The summed E-state index contributed by atoms with van der Waals surface area (Å²) in [7, 11) is 0. The molecule has 1 aliphatic heterocycles. The fourth-order valence-electron chi connectivity index (χ4n) is 3.09. The first kappa shape index (κ1) is 15.5. The third-order valence-corrected chi connectivity index (χ3v) is 4.34. The number of likely N-dealkylation sites (tertiary alicyclic amines) is 1. The van der Waals surface area contributed by atoms with Crippen LogP contribution in [0.2, 0.25) is 0 Å². The van der Waals surface area contributed by atoms with Gasteiger partial charge in [0, 0.05) is 13.1 Å². The van der Waals surface area contributed by atoms with E-state index >= 15 is 0 Å². The summed E-state index contributed by atoms with van der Waals surface area (Å²) < 4.78 is 1.73. The zero-order valence-electron chi connectivity index (χ0n) is 12.8. The molecular weight excluding hydrogens is 296 g/mol. The highest BCUT2D eigenvalue weighted by Gasteiger charge is 2.27. The predicted molar refractivity (Wildman–Crippen MR) is 84.2 cm³/mol. The molecule has 2 amide bonds. The minimum atomic E-state index is -0.355. The smallest absolute Gasteiger partial charge is 0.242 e. The number of piperidine rings is 1. The Morgan fingerprint density at radius 1 is 1.35 bits per heavy atom. The molecule has 1 aliphatic rings. The second-order valence-electron chi connectivity index (χ2n) is 5.84. The quantitative estimate of drug-likeness (QED) is 0.844. The number of primary amides is 1. The Bertz CT molecular complexity index is 740. The summed E-state index contributed by atoms with van der Waals surface area (Å²) in [5.41, 5.74) is 6.92. The number of carbonyl (C=O) groups is 2. The van der Waals surface area contributed by atoms with E-state index < -0.39 is 0 Å². The van der Waals surface area contributed by atoms with Crippen LogP contribution < -0.4 is 5.73 Å². The zero-order valence-corrected chi connectivity index (χ0v) is 12.8. The summed E-state index contributed by atoms with van der Waals surface area (Å²) in [5.74, 6) is -0.256. The molecule has 3 rings (SSSR count). The van der Waals surface area contributed by atoms with Crippen LogP contribution in [0.4, 0.5) is 0 Å². The highest BCUT2D eigenvalue weighted by Crippen LogP contribution is 2.19. The van der Waals surface area contributed by atoms with Crippen LogP contribution in [0.25, 0.3) is 11.0 Å². The number of aliphatic hydroxyl groups excluding tert-OH is 1. The van der Waals surface area contributed by atoms with Crippen molar-refractivity contribution in [2.24, 2.45) is 11.7 Å². The van der Waals surface area contributed by atoms with E-state index in [0.29, 0.717) is 18.9 Å². The molecule has 2 aromatic rings. The number of aliphatic hydroxyl groups is 1. The van der Waals surface area contributed by atoms with Crippen molar-refractivity contribution < 1.29 is 14.7 Å². The fraction of sp³-hybridized carbons (Fsp3) is 0.438. The molecule has 1 fully saturated rings. The van der Waals surface area contributed by atoms with E-state index in [2.05, 4.69) is 4.98 Å². The maximum absolute atomic E-state index is 12.6. The van der Waals surface area contributed by atoms with E-state index in [1.807, 2.05) is 24.3 Å². The number of amides is 2. The number of imidazole rings is 1. The summed E-state index contributed by atoms with van der Waals surface area (Å²) in [5, 5.41) is 9.49. The molecule has 2 heterocycles. The second-order valence-corrected chi connectivity index (χ2v) is 5.84. The molecule has 1 aromatic carbocycles. The number of aromatic nitrogens is 2. The maximum Gasteiger partial charge on any atom is 0.242 e. The Kier molecular flexibility index (Phi) is 4.29. The average molecular weight is 316 g/mol. The van der Waals surface area contributed by atoms with Gasteiger partial charge in [-0.3, -0.25) is 9.59 Å². The van der Waals surface area contributed by atoms with E-state index in [1.165, 1.54) is 0 Å². The topological polar surface area (TPSA) is 101 Å². The van der Waals surface area contributed by atoms with Crippen LogP contribution >= 0.6 is 0 Å². The molecule has 1 unspecified atom stereocenters. The van der Waals surface area contributed by atoms with Gasteiger partial charge in [0.25, 0.3) is 0 Å². The SMILES string of the molecule is NC(=O)C1CCCN(C(=O)Cn2c(CO)nc3ccccc32)C1. The monoisotopic (exact) mass is 316 g/mol. The van der Waals surface area contributed by atoms with Crippen molar-refractivity contribution in [1.82, 2.24) is 14.5 Å². The summed E-state index contributed by atoms with van der Waals surface area (Å²) >= 11 is 0. The summed E-state index contributed by atoms with van der Waals surface area (Å²) in [6.07, 6.45) is 1.51. The molecule has 1 aromatic heterocycles. The lowest BCUT2D eigenvalue weighted by Crippen LogP contribution is -2.45. The molecule has 1 atom stereocenters. The summed E-state index contributed by atoms with van der Waals surface area (Å²) in [6.45, 7) is 0.868. The van der Waals surface area contributed by atoms with E-state index in [9.17, 15) is 14.7 Å². The van der Waals surface area contributed by atoms with Gasteiger partial charge in [0.15, 0.2) is 0 Å². The van der Waals surface area contributed by atoms with Crippen molar-refractivity contribution in [3.8, 4) is 0 Å². The molecule has 23 heavy (non-hydrogen) atoms. The van der Waals surface area contributed by atoms with Gasteiger partial charge in [-0.1, -0.05) is 12.1 Å². The van der Waals surface area contributed by atoms with Crippen LogP contribution in [0.1, 0.15) is 18.7 Å². The number of nitrogens with zero attached hydrogens (tertiary/aromatic N) is 3. The van der Waals surface area contributed by atoms with Crippen LogP contribution in [-0.2, 0) is 22.7 Å². The van der Waals surface area contributed by atoms with Crippen LogP contribution in [0.15, 0.2) is 24.3 Å². The van der Waals surface area contributed by atoms with Crippen molar-refractivity contribution in [3.05, 3.63) is 30.1 Å². The van der Waals surface area contributed by atoms with Gasteiger partial charge in [0.2, 0.25) is 11.8 Å². The number of hydrogen-bond acceptors (Lipinski definition) is 4. The minimum absolute atomic E-state index is 0.0891. The summed E-state index contributed by atoms with van der Waals surface area (Å²) in [4.78, 5) is 30.0. The number of para-hydroxylation sites is 2. The molecular formula is C16H20N4O3. The number of hydrogen-bond donors (Lipinski definition) is 2. The first-order valence-electron chi connectivity index (χ1n) is 7.72. The fourth-order valence-corrected chi connectivity index (χ4v) is 3.09.